The van der Waals surface area contributed by atoms with Gasteiger partial charge in [-0.1, -0.05) is 0 Å². The fraction of sp³-hybridized carbons (Fsp3) is 0.727. The van der Waals surface area contributed by atoms with E-state index in [9.17, 15) is 8.42 Å². The highest BCUT2D eigenvalue weighted by Gasteiger charge is 2.24. The van der Waals surface area contributed by atoms with Gasteiger partial charge in [0.2, 0.25) is 0 Å². The van der Waals surface area contributed by atoms with Crippen LogP contribution >= 0.6 is 0 Å². The third-order valence-electron chi connectivity index (χ3n) is 2.97. The molecule has 0 atom stereocenters. The van der Waals surface area contributed by atoms with Gasteiger partial charge in [-0.15, -0.1) is 0 Å². The third kappa shape index (κ3) is 4.27. The first-order valence-electron chi connectivity index (χ1n) is 6.18. The Bertz CT molecular complexity index is 485. The summed E-state index contributed by atoms with van der Waals surface area (Å²) in [5.41, 5.74) is 0. The summed E-state index contributed by atoms with van der Waals surface area (Å²) < 4.78 is 29.0. The second-order valence-corrected chi connectivity index (χ2v) is 6.64. The molecule has 1 N–H and O–H groups in total. The van der Waals surface area contributed by atoms with Gasteiger partial charge in [-0.05, 0) is 20.0 Å². The molecule has 0 spiro atoms. The Labute approximate surface area is 115 Å². The Morgan fingerprint density at radius 1 is 1.37 bits per heavy atom. The molecule has 7 nitrogen and oxygen atoms in total. The van der Waals surface area contributed by atoms with E-state index >= 15 is 0 Å². The summed E-state index contributed by atoms with van der Waals surface area (Å²) in [4.78, 5) is 4.13. The zero-order valence-corrected chi connectivity index (χ0v) is 12.8. The maximum absolute atomic E-state index is 12.3. The van der Waals surface area contributed by atoms with E-state index in [1.54, 1.807) is 26.5 Å². The van der Waals surface area contributed by atoms with E-state index in [1.807, 2.05) is 18.7 Å². The minimum Gasteiger partial charge on any atom is -0.337 e. The Hall–Kier alpha value is -0.960. The molecule has 0 fully saturated rings. The van der Waals surface area contributed by atoms with Crippen molar-refractivity contribution < 1.29 is 8.42 Å². The van der Waals surface area contributed by atoms with Gasteiger partial charge in [-0.25, -0.2) is 4.98 Å². The van der Waals surface area contributed by atoms with Crippen molar-refractivity contribution in [2.24, 2.45) is 7.05 Å². The number of nitrogens with one attached hydrogen (secondary N) is 1. The van der Waals surface area contributed by atoms with Gasteiger partial charge < -0.3 is 9.88 Å². The predicted molar refractivity (Wildman–Crippen MR) is 74.8 cm³/mol. The number of aryl methyl sites for hydroxylation is 1. The van der Waals surface area contributed by atoms with E-state index in [0.29, 0.717) is 6.54 Å². The lowest BCUT2D eigenvalue weighted by Gasteiger charge is -2.24. The first kappa shape index (κ1) is 16.1. The van der Waals surface area contributed by atoms with E-state index in [1.165, 1.54) is 8.61 Å². The van der Waals surface area contributed by atoms with Crippen molar-refractivity contribution in [3.05, 3.63) is 18.2 Å². The quantitative estimate of drug-likeness (QED) is 0.663. The molecule has 8 heteroatoms. The van der Waals surface area contributed by atoms with Crippen LogP contribution in [0.5, 0.6) is 0 Å². The first-order valence-corrected chi connectivity index (χ1v) is 7.57. The fourth-order valence-corrected chi connectivity index (χ4v) is 2.78. The van der Waals surface area contributed by atoms with E-state index in [4.69, 9.17) is 0 Å². The molecule has 110 valence electrons. The molecule has 1 aromatic heterocycles. The lowest BCUT2D eigenvalue weighted by Crippen LogP contribution is -2.40. The van der Waals surface area contributed by atoms with Gasteiger partial charge in [0.05, 0.1) is 6.54 Å². The van der Waals surface area contributed by atoms with E-state index in [2.05, 4.69) is 10.3 Å². The maximum atomic E-state index is 12.3. The SMILES string of the molecule is CNCCCN(C)S(=O)(=O)N(C)Cc1nccn1C. The Balaban J connectivity index is 2.63. The predicted octanol–water partition coefficient (Wildman–Crippen LogP) is -0.362. The smallest absolute Gasteiger partial charge is 0.281 e. The zero-order valence-electron chi connectivity index (χ0n) is 12.0. The monoisotopic (exact) mass is 289 g/mol. The molecular weight excluding hydrogens is 266 g/mol. The molecule has 0 bridgehead atoms. The molecular formula is C11H23N5O2S. The maximum Gasteiger partial charge on any atom is 0.281 e. The van der Waals surface area contributed by atoms with Crippen LogP contribution in [0.4, 0.5) is 0 Å². The second kappa shape index (κ2) is 6.99. The molecule has 1 rings (SSSR count). The van der Waals surface area contributed by atoms with Crippen molar-refractivity contribution in [3.63, 3.8) is 0 Å². The molecule has 0 aromatic carbocycles. The van der Waals surface area contributed by atoms with Gasteiger partial charge in [0.15, 0.2) is 0 Å². The van der Waals surface area contributed by atoms with Crippen LogP contribution in [-0.2, 0) is 23.8 Å². The number of nitrogens with zero attached hydrogens (tertiary/aromatic N) is 4. The zero-order chi connectivity index (χ0) is 14.5. The fourth-order valence-electron chi connectivity index (χ4n) is 1.66. The molecule has 0 unspecified atom stereocenters. The number of rotatable bonds is 8. The molecule has 1 heterocycles. The molecule has 0 radical (unpaired) electrons. The number of hydrogen-bond donors (Lipinski definition) is 1. The summed E-state index contributed by atoms with van der Waals surface area (Å²) in [5, 5.41) is 3.00. The van der Waals surface area contributed by atoms with Crippen LogP contribution in [0.25, 0.3) is 0 Å². The molecule has 0 aliphatic carbocycles. The molecule has 0 aliphatic heterocycles. The van der Waals surface area contributed by atoms with Crippen molar-refractivity contribution in [2.45, 2.75) is 13.0 Å². The molecule has 1 aromatic rings. The van der Waals surface area contributed by atoms with Crippen LogP contribution in [0.3, 0.4) is 0 Å². The van der Waals surface area contributed by atoms with Crippen molar-refractivity contribution in [1.82, 2.24) is 23.5 Å². The van der Waals surface area contributed by atoms with Crippen LogP contribution in [0.1, 0.15) is 12.2 Å². The molecule has 0 aliphatic rings. The van der Waals surface area contributed by atoms with Crippen molar-refractivity contribution in [1.29, 1.82) is 0 Å². The average Bonchev–Trinajstić information content (AvgIpc) is 2.75. The van der Waals surface area contributed by atoms with Gasteiger partial charge in [-0.3, -0.25) is 0 Å². The minimum absolute atomic E-state index is 0.266. The average molecular weight is 289 g/mol. The van der Waals surface area contributed by atoms with Gasteiger partial charge in [0.1, 0.15) is 5.82 Å². The Morgan fingerprint density at radius 2 is 2.05 bits per heavy atom. The highest BCUT2D eigenvalue weighted by Crippen LogP contribution is 2.08. The topological polar surface area (TPSA) is 70.5 Å². The van der Waals surface area contributed by atoms with Crippen LogP contribution < -0.4 is 5.32 Å². The Morgan fingerprint density at radius 3 is 2.58 bits per heavy atom. The van der Waals surface area contributed by atoms with E-state index in [-0.39, 0.29) is 6.54 Å². The highest BCUT2D eigenvalue weighted by atomic mass is 32.2. The number of imidazole rings is 1. The minimum atomic E-state index is -3.43. The van der Waals surface area contributed by atoms with Crippen molar-refractivity contribution in [2.75, 3.05) is 34.2 Å². The van der Waals surface area contributed by atoms with Gasteiger partial charge in [-0.2, -0.15) is 17.0 Å². The molecule has 0 saturated heterocycles. The molecule has 19 heavy (non-hydrogen) atoms. The summed E-state index contributed by atoms with van der Waals surface area (Å²) in [7, 11) is 3.43. The van der Waals surface area contributed by atoms with Crippen molar-refractivity contribution >= 4 is 10.2 Å². The third-order valence-corrected chi connectivity index (χ3v) is 4.86. The van der Waals surface area contributed by atoms with Crippen LogP contribution in [0.15, 0.2) is 12.4 Å². The first-order chi connectivity index (χ1) is 8.89. The summed E-state index contributed by atoms with van der Waals surface area (Å²) >= 11 is 0. The van der Waals surface area contributed by atoms with Crippen LogP contribution in [0, 0.1) is 0 Å². The van der Waals surface area contributed by atoms with Crippen molar-refractivity contribution in [3.8, 4) is 0 Å². The van der Waals surface area contributed by atoms with E-state index in [0.717, 1.165) is 18.8 Å². The van der Waals surface area contributed by atoms with Crippen LogP contribution in [-0.4, -0.2) is 60.8 Å². The number of aromatic nitrogens is 2. The van der Waals surface area contributed by atoms with E-state index < -0.39 is 10.2 Å². The van der Waals surface area contributed by atoms with Crippen LogP contribution in [0.2, 0.25) is 0 Å². The standard InChI is InChI=1S/C11H23N5O2S/c1-12-6-5-8-15(3)19(17,18)16(4)10-11-13-7-9-14(11)2/h7,9,12H,5-6,8,10H2,1-4H3. The van der Waals surface area contributed by atoms with Gasteiger partial charge >= 0.3 is 0 Å². The number of hydrogen-bond acceptors (Lipinski definition) is 4. The molecule has 0 amide bonds. The lowest BCUT2D eigenvalue weighted by molar-refractivity contribution is 0.378. The molecule has 0 saturated carbocycles. The summed E-state index contributed by atoms with van der Waals surface area (Å²) in [5.74, 6) is 0.717. The highest BCUT2D eigenvalue weighted by molar-refractivity contribution is 7.86. The summed E-state index contributed by atoms with van der Waals surface area (Å²) in [6, 6.07) is 0. The largest absolute Gasteiger partial charge is 0.337 e. The second-order valence-electron chi connectivity index (χ2n) is 4.50. The normalized spacial score (nSPS) is 12.5. The summed E-state index contributed by atoms with van der Waals surface area (Å²) in [6.07, 6.45) is 4.24. The summed E-state index contributed by atoms with van der Waals surface area (Å²) in [6.45, 7) is 1.55. The van der Waals surface area contributed by atoms with Gasteiger partial charge in [0.25, 0.3) is 10.2 Å². The lowest BCUT2D eigenvalue weighted by atomic mass is 10.4. The van der Waals surface area contributed by atoms with Gasteiger partial charge in [0, 0.05) is 40.1 Å². The Kier molecular flexibility index (Phi) is 5.92.